The molecule has 15 heavy (non-hydrogen) atoms. The number of thioether (sulfide) groups is 1. The number of para-hydroxylation sites is 1. The number of anilines is 1. The minimum atomic E-state index is -0.793. The Hall–Kier alpha value is -1.11. The molecule has 0 amide bonds. The maximum Gasteiger partial charge on any atom is 0.177 e. The second-order valence-electron chi connectivity index (χ2n) is 2.86. The number of thiocarbonyl (C=S) groups is 1. The van der Waals surface area contributed by atoms with Gasteiger partial charge in [-0.1, -0.05) is 30.4 Å². The first kappa shape index (κ1) is 10.4. The van der Waals surface area contributed by atoms with Gasteiger partial charge in [-0.2, -0.15) is 5.10 Å². The fraction of sp³-hybridized carbons (Fsp3) is 0.111. The Bertz CT molecular complexity index is 394. The summed E-state index contributed by atoms with van der Waals surface area (Å²) < 4.78 is 0.538. The SMILES string of the molecule is OC1NC(=S)S/C1=N/Nc1ccccc1. The Morgan fingerprint density at radius 3 is 2.73 bits per heavy atom. The normalized spacial score (nSPS) is 22.9. The second-order valence-corrected chi connectivity index (χ2v) is 4.56. The van der Waals surface area contributed by atoms with Gasteiger partial charge in [0.2, 0.25) is 0 Å². The van der Waals surface area contributed by atoms with Gasteiger partial charge in [-0.15, -0.1) is 0 Å². The number of hydrogen-bond acceptors (Lipinski definition) is 5. The molecule has 3 N–H and O–H groups in total. The van der Waals surface area contributed by atoms with Crippen LogP contribution in [0.3, 0.4) is 0 Å². The van der Waals surface area contributed by atoms with E-state index >= 15 is 0 Å². The van der Waals surface area contributed by atoms with Crippen molar-refractivity contribution in [3.63, 3.8) is 0 Å². The molecule has 1 heterocycles. The molecule has 0 radical (unpaired) electrons. The number of hydrogen-bond donors (Lipinski definition) is 3. The lowest BCUT2D eigenvalue weighted by Crippen LogP contribution is -2.28. The summed E-state index contributed by atoms with van der Waals surface area (Å²) in [5.41, 5.74) is 3.72. The molecule has 0 bridgehead atoms. The number of rotatable bonds is 2. The van der Waals surface area contributed by atoms with E-state index in [1.54, 1.807) is 0 Å². The van der Waals surface area contributed by atoms with Crippen LogP contribution in [0.1, 0.15) is 0 Å². The summed E-state index contributed by atoms with van der Waals surface area (Å²) in [5, 5.41) is 16.7. The van der Waals surface area contributed by atoms with Crippen molar-refractivity contribution in [1.29, 1.82) is 0 Å². The van der Waals surface area contributed by atoms with Crippen molar-refractivity contribution in [3.05, 3.63) is 30.3 Å². The van der Waals surface area contributed by atoms with E-state index in [1.807, 2.05) is 30.3 Å². The number of nitrogens with one attached hydrogen (secondary N) is 2. The van der Waals surface area contributed by atoms with Gasteiger partial charge in [0.25, 0.3) is 0 Å². The molecule has 1 aromatic carbocycles. The van der Waals surface area contributed by atoms with Crippen molar-refractivity contribution < 1.29 is 5.11 Å². The van der Waals surface area contributed by atoms with Crippen LogP contribution in [0.15, 0.2) is 35.4 Å². The van der Waals surface area contributed by atoms with E-state index in [-0.39, 0.29) is 0 Å². The van der Waals surface area contributed by atoms with Crippen LogP contribution in [0.4, 0.5) is 5.69 Å². The van der Waals surface area contributed by atoms with Gasteiger partial charge < -0.3 is 10.4 Å². The van der Waals surface area contributed by atoms with Crippen molar-refractivity contribution in [2.45, 2.75) is 6.23 Å². The van der Waals surface area contributed by atoms with Crippen LogP contribution in [0.25, 0.3) is 0 Å². The van der Waals surface area contributed by atoms with Gasteiger partial charge in [0, 0.05) is 0 Å². The van der Waals surface area contributed by atoms with Crippen LogP contribution >= 0.6 is 24.0 Å². The molecule has 78 valence electrons. The maximum atomic E-state index is 9.45. The zero-order valence-electron chi connectivity index (χ0n) is 7.68. The highest BCUT2D eigenvalue weighted by Gasteiger charge is 2.24. The summed E-state index contributed by atoms with van der Waals surface area (Å²) in [6.07, 6.45) is -0.793. The molecule has 0 aliphatic carbocycles. The highest BCUT2D eigenvalue weighted by molar-refractivity contribution is 8.33. The third-order valence-corrected chi connectivity index (χ3v) is 2.95. The first-order valence-electron chi connectivity index (χ1n) is 4.31. The number of nitrogens with zero attached hydrogens (tertiary/aromatic N) is 1. The molecule has 0 spiro atoms. The molecule has 6 heteroatoms. The van der Waals surface area contributed by atoms with Gasteiger partial charge in [-0.3, -0.25) is 5.43 Å². The second kappa shape index (κ2) is 4.61. The number of aliphatic hydroxyl groups is 1. The predicted octanol–water partition coefficient (Wildman–Crippen LogP) is 1.35. The Morgan fingerprint density at radius 2 is 2.13 bits per heavy atom. The Labute approximate surface area is 96.8 Å². The molecule has 1 fully saturated rings. The molecule has 1 atom stereocenters. The largest absolute Gasteiger partial charge is 0.368 e. The third kappa shape index (κ3) is 2.68. The van der Waals surface area contributed by atoms with Crippen molar-refractivity contribution in [3.8, 4) is 0 Å². The molecule has 1 unspecified atom stereocenters. The van der Waals surface area contributed by atoms with Gasteiger partial charge in [-0.25, -0.2) is 0 Å². The number of hydrazone groups is 1. The smallest absolute Gasteiger partial charge is 0.177 e. The van der Waals surface area contributed by atoms with Crippen molar-refractivity contribution >= 4 is 39.0 Å². The van der Waals surface area contributed by atoms with Crippen LogP contribution in [0.5, 0.6) is 0 Å². The van der Waals surface area contributed by atoms with Gasteiger partial charge in [0.1, 0.15) is 9.36 Å². The standard InChI is InChI=1S/C9H9N3OS2/c13-7-8(15-9(14)10-7)12-11-6-4-2-1-3-5-6/h1-5,7,11,13H,(H,10,14)/b12-8+. The lowest BCUT2D eigenvalue weighted by Gasteiger charge is -2.03. The fourth-order valence-electron chi connectivity index (χ4n) is 1.07. The molecule has 1 saturated heterocycles. The van der Waals surface area contributed by atoms with Crippen LogP contribution < -0.4 is 10.7 Å². The predicted molar refractivity (Wildman–Crippen MR) is 66.8 cm³/mol. The Balaban J connectivity index is 2.03. The zero-order valence-corrected chi connectivity index (χ0v) is 9.31. The van der Waals surface area contributed by atoms with Gasteiger partial charge in [-0.05, 0) is 23.9 Å². The van der Waals surface area contributed by atoms with Gasteiger partial charge in [0.05, 0.1) is 5.69 Å². The van der Waals surface area contributed by atoms with Crippen LogP contribution in [-0.4, -0.2) is 20.7 Å². The van der Waals surface area contributed by atoms with Gasteiger partial charge >= 0.3 is 0 Å². The first-order valence-corrected chi connectivity index (χ1v) is 5.53. The fourth-order valence-corrected chi connectivity index (χ4v) is 2.06. The average molecular weight is 239 g/mol. The molecule has 1 aliphatic rings. The zero-order chi connectivity index (χ0) is 10.7. The van der Waals surface area contributed by atoms with E-state index in [9.17, 15) is 5.11 Å². The van der Waals surface area contributed by atoms with E-state index in [0.29, 0.717) is 9.36 Å². The summed E-state index contributed by atoms with van der Waals surface area (Å²) in [5.74, 6) is 0. The van der Waals surface area contributed by atoms with Crippen LogP contribution in [0, 0.1) is 0 Å². The number of aliphatic hydroxyl groups excluding tert-OH is 1. The van der Waals surface area contributed by atoms with E-state index in [0.717, 1.165) is 5.69 Å². The van der Waals surface area contributed by atoms with E-state index in [1.165, 1.54) is 11.8 Å². The Kier molecular flexibility index (Phi) is 3.20. The van der Waals surface area contributed by atoms with Crippen LogP contribution in [0.2, 0.25) is 0 Å². The summed E-state index contributed by atoms with van der Waals surface area (Å²) in [6, 6.07) is 9.52. The number of benzene rings is 1. The van der Waals surface area contributed by atoms with Gasteiger partial charge in [0.15, 0.2) is 6.23 Å². The lowest BCUT2D eigenvalue weighted by atomic mass is 10.3. The molecule has 1 aromatic rings. The van der Waals surface area contributed by atoms with Crippen molar-refractivity contribution in [2.75, 3.05) is 5.43 Å². The summed E-state index contributed by atoms with van der Waals surface area (Å²) in [4.78, 5) is 0. The molecule has 2 rings (SSSR count). The molecule has 4 nitrogen and oxygen atoms in total. The third-order valence-electron chi connectivity index (χ3n) is 1.75. The highest BCUT2D eigenvalue weighted by atomic mass is 32.2. The maximum absolute atomic E-state index is 9.45. The minimum absolute atomic E-state index is 0.531. The average Bonchev–Trinajstić information content (AvgIpc) is 2.56. The molecule has 1 aliphatic heterocycles. The monoisotopic (exact) mass is 239 g/mol. The quantitative estimate of drug-likeness (QED) is 0.537. The molecular weight excluding hydrogens is 230 g/mol. The summed E-state index contributed by atoms with van der Waals surface area (Å²) in [6.45, 7) is 0. The highest BCUT2D eigenvalue weighted by Crippen LogP contribution is 2.17. The summed E-state index contributed by atoms with van der Waals surface area (Å²) in [7, 11) is 0. The van der Waals surface area contributed by atoms with E-state index in [4.69, 9.17) is 12.2 Å². The van der Waals surface area contributed by atoms with E-state index in [2.05, 4.69) is 15.8 Å². The van der Waals surface area contributed by atoms with Crippen LogP contribution in [-0.2, 0) is 0 Å². The molecular formula is C9H9N3OS2. The van der Waals surface area contributed by atoms with E-state index < -0.39 is 6.23 Å². The minimum Gasteiger partial charge on any atom is -0.368 e. The lowest BCUT2D eigenvalue weighted by molar-refractivity contribution is 0.234. The first-order chi connectivity index (χ1) is 7.25. The Morgan fingerprint density at radius 1 is 1.40 bits per heavy atom. The van der Waals surface area contributed by atoms with Crippen molar-refractivity contribution in [1.82, 2.24) is 5.32 Å². The summed E-state index contributed by atoms with van der Waals surface area (Å²) >= 11 is 6.14. The molecule has 0 saturated carbocycles. The van der Waals surface area contributed by atoms with Crippen molar-refractivity contribution in [2.24, 2.45) is 5.10 Å². The molecule has 0 aromatic heterocycles. The topological polar surface area (TPSA) is 56.6 Å².